The van der Waals surface area contributed by atoms with E-state index in [1.807, 2.05) is 0 Å². The Morgan fingerprint density at radius 3 is 2.10 bits per heavy atom. The van der Waals surface area contributed by atoms with E-state index >= 15 is 0 Å². The number of hydrogen-bond acceptors (Lipinski definition) is 6. The largest absolute Gasteiger partial charge is 0.480 e. The predicted molar refractivity (Wildman–Crippen MR) is 159 cm³/mol. The lowest BCUT2D eigenvalue weighted by atomic mass is 10.1. The van der Waals surface area contributed by atoms with Gasteiger partial charge >= 0.3 is 5.97 Å². The number of carboxylic acids is 1. The van der Waals surface area contributed by atoms with E-state index in [2.05, 4.69) is 15.4 Å². The summed E-state index contributed by atoms with van der Waals surface area (Å²) in [5, 5.41) is 15.8. The molecule has 1 saturated carbocycles. The molecule has 4 aromatic rings. The number of nitrogens with one attached hydrogen (secondary N) is 3. The van der Waals surface area contributed by atoms with Gasteiger partial charge in [0.25, 0.3) is 5.91 Å². The van der Waals surface area contributed by atoms with Crippen molar-refractivity contribution >= 4 is 50.2 Å². The summed E-state index contributed by atoms with van der Waals surface area (Å²) < 4.78 is 33.5. The van der Waals surface area contributed by atoms with Crippen LogP contribution in [0.15, 0.2) is 76.0 Å². The van der Waals surface area contributed by atoms with Gasteiger partial charge in [-0.3, -0.25) is 14.4 Å². The van der Waals surface area contributed by atoms with Crippen LogP contribution in [0.5, 0.6) is 0 Å². The SMILES string of the molecule is Cc1c(C(=O)Nc2ccc(-c3ccc(S(=O)(=O)NC(C(=O)O)C(C)C)cc3)cc2)oc2cccc(NC(=O)C3CC3)c12. The summed E-state index contributed by atoms with van der Waals surface area (Å²) in [4.78, 5) is 36.8. The molecular weight excluding hydrogens is 558 g/mol. The zero-order valence-corrected chi connectivity index (χ0v) is 24.1. The highest BCUT2D eigenvalue weighted by Crippen LogP contribution is 2.35. The van der Waals surface area contributed by atoms with Gasteiger partial charge in [0.15, 0.2) is 5.76 Å². The first-order valence-electron chi connectivity index (χ1n) is 13.5. The van der Waals surface area contributed by atoms with Gasteiger partial charge in [0, 0.05) is 22.6 Å². The van der Waals surface area contributed by atoms with Crippen LogP contribution < -0.4 is 15.4 Å². The van der Waals surface area contributed by atoms with Crippen LogP contribution in [-0.4, -0.2) is 37.3 Å². The smallest absolute Gasteiger partial charge is 0.322 e. The number of benzene rings is 3. The molecule has 218 valence electrons. The standard InChI is InChI=1S/C31H31N3O7S/c1-17(2)27(31(37)38)34-42(39,40)23-15-11-20(12-16-23)19-9-13-22(14-10-19)32-30(36)28-18(3)26-24(5-4-6-25(26)41-28)33-29(35)21-7-8-21/h4-6,9-17,21,27,34H,7-8H2,1-3H3,(H,32,36)(H,33,35)(H,37,38). The number of hydrogen-bond donors (Lipinski definition) is 4. The zero-order chi connectivity index (χ0) is 30.2. The van der Waals surface area contributed by atoms with E-state index in [1.54, 1.807) is 75.4 Å². The number of carbonyl (C=O) groups excluding carboxylic acids is 2. The summed E-state index contributed by atoms with van der Waals surface area (Å²) >= 11 is 0. The Morgan fingerprint density at radius 1 is 0.905 bits per heavy atom. The first-order valence-corrected chi connectivity index (χ1v) is 15.0. The second-order valence-electron chi connectivity index (χ2n) is 10.7. The van der Waals surface area contributed by atoms with Gasteiger partial charge in [-0.25, -0.2) is 8.42 Å². The molecule has 1 heterocycles. The molecule has 4 N–H and O–H groups in total. The van der Waals surface area contributed by atoms with Gasteiger partial charge in [0.2, 0.25) is 15.9 Å². The van der Waals surface area contributed by atoms with E-state index in [4.69, 9.17) is 4.42 Å². The Kier molecular flexibility index (Phi) is 7.89. The number of aliphatic carboxylic acids is 1. The lowest BCUT2D eigenvalue weighted by Gasteiger charge is -2.18. The molecule has 0 bridgehead atoms. The third-order valence-electron chi connectivity index (χ3n) is 7.22. The summed E-state index contributed by atoms with van der Waals surface area (Å²) in [6.07, 6.45) is 1.77. The molecule has 1 aliphatic rings. The quantitative estimate of drug-likeness (QED) is 0.193. The van der Waals surface area contributed by atoms with Gasteiger partial charge in [-0.1, -0.05) is 44.2 Å². The Hall–Kier alpha value is -4.48. The number of anilines is 2. The summed E-state index contributed by atoms with van der Waals surface area (Å²) in [6, 6.07) is 17.2. The molecule has 1 atom stereocenters. The lowest BCUT2D eigenvalue weighted by molar-refractivity contribution is -0.140. The first-order chi connectivity index (χ1) is 19.9. The molecule has 3 aromatic carbocycles. The van der Waals surface area contributed by atoms with Crippen molar-refractivity contribution < 1.29 is 32.3 Å². The van der Waals surface area contributed by atoms with E-state index in [0.29, 0.717) is 27.9 Å². The van der Waals surface area contributed by atoms with Crippen LogP contribution in [0.3, 0.4) is 0 Å². The second-order valence-corrected chi connectivity index (χ2v) is 12.4. The highest BCUT2D eigenvalue weighted by atomic mass is 32.2. The Labute approximate surface area is 243 Å². The van der Waals surface area contributed by atoms with Crippen molar-refractivity contribution in [3.05, 3.63) is 78.1 Å². The molecule has 5 rings (SSSR count). The Morgan fingerprint density at radius 2 is 1.52 bits per heavy atom. The van der Waals surface area contributed by atoms with Crippen molar-refractivity contribution in [3.63, 3.8) is 0 Å². The average Bonchev–Trinajstić information content (AvgIpc) is 3.75. The molecule has 42 heavy (non-hydrogen) atoms. The normalized spacial score (nSPS) is 14.1. The maximum absolute atomic E-state index is 13.1. The van der Waals surface area contributed by atoms with Gasteiger partial charge in [0.05, 0.1) is 10.6 Å². The van der Waals surface area contributed by atoms with Gasteiger partial charge in [-0.15, -0.1) is 0 Å². The van der Waals surface area contributed by atoms with Gasteiger partial charge < -0.3 is 20.2 Å². The molecule has 1 fully saturated rings. The van der Waals surface area contributed by atoms with Gasteiger partial charge in [0.1, 0.15) is 11.6 Å². The number of furan rings is 1. The van der Waals surface area contributed by atoms with E-state index in [-0.39, 0.29) is 22.5 Å². The summed E-state index contributed by atoms with van der Waals surface area (Å²) in [6.45, 7) is 5.03. The van der Waals surface area contributed by atoms with Crippen molar-refractivity contribution in [1.29, 1.82) is 0 Å². The third-order valence-corrected chi connectivity index (χ3v) is 8.68. The minimum absolute atomic E-state index is 0.0277. The molecule has 10 nitrogen and oxygen atoms in total. The number of rotatable bonds is 10. The molecule has 0 aliphatic heterocycles. The van der Waals surface area contributed by atoms with E-state index in [1.165, 1.54) is 12.1 Å². The number of amides is 2. The number of carbonyl (C=O) groups is 3. The fraction of sp³-hybridized carbons (Fsp3) is 0.258. The van der Waals surface area contributed by atoms with Crippen LogP contribution in [0.2, 0.25) is 0 Å². The van der Waals surface area contributed by atoms with Crippen LogP contribution in [0.4, 0.5) is 11.4 Å². The van der Waals surface area contributed by atoms with Crippen molar-refractivity contribution in [2.45, 2.75) is 44.6 Å². The summed E-state index contributed by atoms with van der Waals surface area (Å²) in [7, 11) is -4.03. The topological polar surface area (TPSA) is 155 Å². The molecule has 2 amide bonds. The lowest BCUT2D eigenvalue weighted by Crippen LogP contribution is -2.44. The van der Waals surface area contributed by atoms with E-state index < -0.39 is 33.9 Å². The van der Waals surface area contributed by atoms with Crippen molar-refractivity contribution in [3.8, 4) is 11.1 Å². The Balaban J connectivity index is 1.28. The monoisotopic (exact) mass is 589 g/mol. The highest BCUT2D eigenvalue weighted by molar-refractivity contribution is 7.89. The van der Waals surface area contributed by atoms with Crippen LogP contribution >= 0.6 is 0 Å². The maximum atomic E-state index is 13.1. The van der Waals surface area contributed by atoms with Gasteiger partial charge in [-0.2, -0.15) is 4.72 Å². The van der Waals surface area contributed by atoms with E-state index in [0.717, 1.165) is 24.0 Å². The summed E-state index contributed by atoms with van der Waals surface area (Å²) in [5.41, 5.74) is 3.79. The van der Waals surface area contributed by atoms with Crippen LogP contribution in [0.1, 0.15) is 42.8 Å². The van der Waals surface area contributed by atoms with Crippen LogP contribution in [0.25, 0.3) is 22.1 Å². The van der Waals surface area contributed by atoms with E-state index in [9.17, 15) is 27.9 Å². The molecule has 0 spiro atoms. The van der Waals surface area contributed by atoms with Crippen LogP contribution in [-0.2, 0) is 19.6 Å². The summed E-state index contributed by atoms with van der Waals surface area (Å²) in [5.74, 6) is -1.94. The molecular formula is C31H31N3O7S. The fourth-order valence-corrected chi connectivity index (χ4v) is 6.01. The molecule has 1 unspecified atom stereocenters. The highest BCUT2D eigenvalue weighted by Gasteiger charge is 2.31. The minimum Gasteiger partial charge on any atom is -0.480 e. The molecule has 0 radical (unpaired) electrons. The molecule has 1 aromatic heterocycles. The number of carboxylic acid groups (broad SMARTS) is 1. The minimum atomic E-state index is -4.03. The number of fused-ring (bicyclic) bond motifs is 1. The number of sulfonamides is 1. The third kappa shape index (κ3) is 6.07. The van der Waals surface area contributed by atoms with Crippen molar-refractivity contribution in [2.24, 2.45) is 11.8 Å². The van der Waals surface area contributed by atoms with Gasteiger partial charge in [-0.05, 0) is 73.2 Å². The maximum Gasteiger partial charge on any atom is 0.322 e. The zero-order valence-electron chi connectivity index (χ0n) is 23.3. The fourth-order valence-electron chi connectivity index (χ4n) is 4.67. The Bertz CT molecular complexity index is 1770. The average molecular weight is 590 g/mol. The van der Waals surface area contributed by atoms with Crippen molar-refractivity contribution in [2.75, 3.05) is 10.6 Å². The second kappa shape index (κ2) is 11.4. The molecule has 0 saturated heterocycles. The van der Waals surface area contributed by atoms with Crippen LogP contribution in [0, 0.1) is 18.8 Å². The first kappa shape index (κ1) is 29.0. The molecule has 11 heteroatoms. The van der Waals surface area contributed by atoms with Crippen molar-refractivity contribution in [1.82, 2.24) is 4.72 Å². The molecule has 1 aliphatic carbocycles. The number of aryl methyl sites for hydroxylation is 1. The predicted octanol–water partition coefficient (Wildman–Crippen LogP) is 5.40.